The molecule has 3 aromatic rings. The highest BCUT2D eigenvalue weighted by molar-refractivity contribution is 7.14. The van der Waals surface area contributed by atoms with Gasteiger partial charge in [0.1, 0.15) is 5.82 Å². The van der Waals surface area contributed by atoms with Gasteiger partial charge in [-0.3, -0.25) is 24.6 Å². The Hall–Kier alpha value is -3.72. The van der Waals surface area contributed by atoms with E-state index in [1.165, 1.54) is 61.5 Å². The molecule has 1 amide bonds. The number of allylic oxidation sites excluding steroid dienone is 1. The molecular formula is C20H14FN3O4S. The van der Waals surface area contributed by atoms with Gasteiger partial charge in [-0.25, -0.2) is 9.37 Å². The number of anilines is 2. The summed E-state index contributed by atoms with van der Waals surface area (Å²) >= 11 is 1.13. The van der Waals surface area contributed by atoms with Crippen LogP contribution < -0.4 is 4.90 Å². The van der Waals surface area contributed by atoms with E-state index in [2.05, 4.69) is 4.98 Å². The number of halogens is 1. The molecule has 0 aliphatic rings. The molecule has 0 atom stereocenters. The number of nitro groups is 1. The van der Waals surface area contributed by atoms with Crippen molar-refractivity contribution in [2.75, 3.05) is 4.90 Å². The predicted octanol–water partition coefficient (Wildman–Crippen LogP) is 4.77. The third-order valence-corrected chi connectivity index (χ3v) is 4.72. The Morgan fingerprint density at radius 1 is 1.17 bits per heavy atom. The van der Waals surface area contributed by atoms with Crippen LogP contribution in [0.2, 0.25) is 0 Å². The van der Waals surface area contributed by atoms with E-state index in [0.29, 0.717) is 11.3 Å². The molecule has 146 valence electrons. The van der Waals surface area contributed by atoms with Gasteiger partial charge in [-0.2, -0.15) is 0 Å². The van der Waals surface area contributed by atoms with Crippen LogP contribution >= 0.6 is 11.3 Å². The van der Waals surface area contributed by atoms with E-state index in [1.807, 2.05) is 0 Å². The molecule has 0 aliphatic heterocycles. The van der Waals surface area contributed by atoms with E-state index in [0.717, 1.165) is 16.2 Å². The van der Waals surface area contributed by atoms with Crippen LogP contribution in [0.1, 0.15) is 23.0 Å². The molecule has 2 aromatic carbocycles. The molecule has 9 heteroatoms. The van der Waals surface area contributed by atoms with Crippen LogP contribution in [-0.2, 0) is 4.79 Å². The average molecular weight is 411 g/mol. The van der Waals surface area contributed by atoms with Gasteiger partial charge in [0.05, 0.1) is 16.3 Å². The summed E-state index contributed by atoms with van der Waals surface area (Å²) in [7, 11) is 0. The van der Waals surface area contributed by atoms with Crippen LogP contribution in [0.5, 0.6) is 0 Å². The fourth-order valence-electron chi connectivity index (χ4n) is 2.50. The van der Waals surface area contributed by atoms with Crippen molar-refractivity contribution >= 4 is 45.6 Å². The highest BCUT2D eigenvalue weighted by atomic mass is 32.1. The van der Waals surface area contributed by atoms with Crippen molar-refractivity contribution in [2.24, 2.45) is 0 Å². The van der Waals surface area contributed by atoms with Gasteiger partial charge in [-0.05, 0) is 36.4 Å². The molecular weight excluding hydrogens is 397 g/mol. The average Bonchev–Trinajstić information content (AvgIpc) is 3.16. The number of benzene rings is 2. The number of hydrogen-bond donors (Lipinski definition) is 0. The Bertz CT molecular complexity index is 1110. The number of carbonyl (C=O) groups is 2. The maximum Gasteiger partial charge on any atom is 0.269 e. The zero-order valence-corrected chi connectivity index (χ0v) is 15.9. The number of hydrogen-bond acceptors (Lipinski definition) is 6. The molecule has 0 unspecified atom stereocenters. The van der Waals surface area contributed by atoms with Gasteiger partial charge in [0.2, 0.25) is 5.91 Å². The summed E-state index contributed by atoms with van der Waals surface area (Å²) in [5, 5.41) is 12.6. The van der Waals surface area contributed by atoms with Crippen LogP contribution in [-0.4, -0.2) is 21.6 Å². The molecule has 0 spiro atoms. The maximum atomic E-state index is 14.1. The number of nitrogens with zero attached hydrogens (tertiary/aromatic N) is 3. The Labute approximate surface area is 168 Å². The number of amides is 1. The first-order valence-electron chi connectivity index (χ1n) is 8.34. The molecule has 7 nitrogen and oxygen atoms in total. The molecule has 0 radical (unpaired) electrons. The lowest BCUT2D eigenvalue weighted by Crippen LogP contribution is -2.23. The van der Waals surface area contributed by atoms with Crippen molar-refractivity contribution in [1.82, 2.24) is 4.98 Å². The van der Waals surface area contributed by atoms with Crippen LogP contribution in [0, 0.1) is 15.9 Å². The van der Waals surface area contributed by atoms with Gasteiger partial charge in [-0.15, -0.1) is 11.3 Å². The number of thiazole rings is 1. The van der Waals surface area contributed by atoms with Crippen molar-refractivity contribution < 1.29 is 18.9 Å². The van der Waals surface area contributed by atoms with E-state index in [-0.39, 0.29) is 22.3 Å². The van der Waals surface area contributed by atoms with Gasteiger partial charge in [0.15, 0.2) is 10.9 Å². The minimum absolute atomic E-state index is 0.0897. The Morgan fingerprint density at radius 2 is 1.86 bits per heavy atom. The first kappa shape index (κ1) is 20.0. The topological polar surface area (TPSA) is 93.4 Å². The standard InChI is InChI=1S/C20H14FN3O4S/c1-13(25)23(18-5-3-2-4-17(18)21)20-22-15(12-29-20)8-11-19(26)14-6-9-16(10-7-14)24(27)28/h2-12H,1H3/b11-8+. The van der Waals surface area contributed by atoms with Gasteiger partial charge in [0.25, 0.3) is 5.69 Å². The lowest BCUT2D eigenvalue weighted by atomic mass is 10.1. The highest BCUT2D eigenvalue weighted by Gasteiger charge is 2.20. The molecule has 0 N–H and O–H groups in total. The molecule has 1 aromatic heterocycles. The van der Waals surface area contributed by atoms with Crippen LogP contribution in [0.4, 0.5) is 20.9 Å². The number of nitro benzene ring substituents is 1. The first-order valence-corrected chi connectivity index (χ1v) is 9.22. The van der Waals surface area contributed by atoms with E-state index in [1.54, 1.807) is 11.4 Å². The van der Waals surface area contributed by atoms with E-state index >= 15 is 0 Å². The minimum atomic E-state index is -0.552. The van der Waals surface area contributed by atoms with Gasteiger partial charge in [-0.1, -0.05) is 12.1 Å². The maximum absolute atomic E-state index is 14.1. The Morgan fingerprint density at radius 3 is 2.48 bits per heavy atom. The summed E-state index contributed by atoms with van der Waals surface area (Å²) in [6, 6.07) is 11.1. The fraction of sp³-hybridized carbons (Fsp3) is 0.0500. The number of ketones is 1. The summed E-state index contributed by atoms with van der Waals surface area (Å²) in [6.45, 7) is 1.31. The summed E-state index contributed by atoms with van der Waals surface area (Å²) in [6.07, 6.45) is 2.74. The molecule has 0 saturated carbocycles. The minimum Gasteiger partial charge on any atom is -0.289 e. The van der Waals surface area contributed by atoms with Crippen LogP contribution in [0.25, 0.3) is 6.08 Å². The lowest BCUT2D eigenvalue weighted by molar-refractivity contribution is -0.384. The van der Waals surface area contributed by atoms with Crippen molar-refractivity contribution in [2.45, 2.75) is 6.92 Å². The largest absolute Gasteiger partial charge is 0.289 e. The van der Waals surface area contributed by atoms with E-state index in [4.69, 9.17) is 0 Å². The third-order valence-electron chi connectivity index (χ3n) is 3.88. The molecule has 29 heavy (non-hydrogen) atoms. The summed E-state index contributed by atoms with van der Waals surface area (Å²) in [5.41, 5.74) is 0.695. The van der Waals surface area contributed by atoms with Gasteiger partial charge < -0.3 is 0 Å². The normalized spacial score (nSPS) is 10.8. The molecule has 0 fully saturated rings. The summed E-state index contributed by atoms with van der Waals surface area (Å²) < 4.78 is 14.1. The first-order chi connectivity index (χ1) is 13.9. The predicted molar refractivity (Wildman–Crippen MR) is 108 cm³/mol. The quantitative estimate of drug-likeness (QED) is 0.252. The van der Waals surface area contributed by atoms with E-state index in [9.17, 15) is 24.1 Å². The van der Waals surface area contributed by atoms with Crippen molar-refractivity contribution in [3.05, 3.63) is 87.2 Å². The van der Waals surface area contributed by atoms with Crippen LogP contribution in [0.3, 0.4) is 0 Å². The molecule has 0 aliphatic carbocycles. The zero-order valence-electron chi connectivity index (χ0n) is 15.1. The number of rotatable bonds is 6. The molecule has 3 rings (SSSR count). The highest BCUT2D eigenvalue weighted by Crippen LogP contribution is 2.31. The van der Waals surface area contributed by atoms with E-state index < -0.39 is 16.6 Å². The van der Waals surface area contributed by atoms with Crippen molar-refractivity contribution in [3.8, 4) is 0 Å². The monoisotopic (exact) mass is 411 g/mol. The lowest BCUT2D eigenvalue weighted by Gasteiger charge is -2.18. The van der Waals surface area contributed by atoms with Crippen molar-refractivity contribution in [1.29, 1.82) is 0 Å². The zero-order chi connectivity index (χ0) is 21.0. The Kier molecular flexibility index (Phi) is 5.89. The number of para-hydroxylation sites is 1. The second-order valence-electron chi connectivity index (χ2n) is 5.86. The molecule has 1 heterocycles. The SMILES string of the molecule is CC(=O)N(c1nc(/C=C/C(=O)c2ccc([N+](=O)[O-])cc2)cs1)c1ccccc1F. The smallest absolute Gasteiger partial charge is 0.269 e. The second-order valence-corrected chi connectivity index (χ2v) is 6.70. The van der Waals surface area contributed by atoms with Gasteiger partial charge >= 0.3 is 0 Å². The molecule has 0 saturated heterocycles. The number of aromatic nitrogens is 1. The third kappa shape index (κ3) is 4.58. The Balaban J connectivity index is 1.80. The van der Waals surface area contributed by atoms with Crippen molar-refractivity contribution in [3.63, 3.8) is 0 Å². The second kappa shape index (κ2) is 8.53. The van der Waals surface area contributed by atoms with Crippen LogP contribution in [0.15, 0.2) is 60.0 Å². The number of carbonyl (C=O) groups excluding carboxylic acids is 2. The summed E-state index contributed by atoms with van der Waals surface area (Å²) in [5.74, 6) is -1.31. The van der Waals surface area contributed by atoms with Gasteiger partial charge in [0, 0.05) is 30.0 Å². The number of non-ortho nitro benzene ring substituents is 1. The molecule has 0 bridgehead atoms. The summed E-state index contributed by atoms with van der Waals surface area (Å²) in [4.78, 5) is 39.8. The fourth-order valence-corrected chi connectivity index (χ4v) is 3.35.